The second kappa shape index (κ2) is 6.41. The van der Waals surface area contributed by atoms with E-state index in [1.807, 2.05) is 31.2 Å². The third kappa shape index (κ3) is 3.93. The molecule has 0 aromatic heterocycles. The van der Waals surface area contributed by atoms with Crippen molar-refractivity contribution in [3.8, 4) is 6.07 Å². The SMILES string of the molecule is Cc1ccccc1C(C#N)=C1C=CC(=NOS(C)(=O)=O)C=C1. The van der Waals surface area contributed by atoms with Crippen molar-refractivity contribution in [2.24, 2.45) is 5.16 Å². The van der Waals surface area contributed by atoms with E-state index in [1.165, 1.54) is 0 Å². The molecule has 0 fully saturated rings. The predicted octanol–water partition coefficient (Wildman–Crippen LogP) is 2.73. The zero-order valence-electron chi connectivity index (χ0n) is 12.1. The van der Waals surface area contributed by atoms with Crippen LogP contribution in [0.2, 0.25) is 0 Å². The van der Waals surface area contributed by atoms with Crippen LogP contribution in [0.25, 0.3) is 5.57 Å². The Morgan fingerprint density at radius 2 is 1.82 bits per heavy atom. The smallest absolute Gasteiger partial charge is 0.268 e. The van der Waals surface area contributed by atoms with Gasteiger partial charge in [-0.15, -0.1) is 0 Å². The van der Waals surface area contributed by atoms with Gasteiger partial charge >= 0.3 is 10.1 Å². The zero-order valence-corrected chi connectivity index (χ0v) is 13.0. The maximum atomic E-state index is 10.9. The molecular formula is C16H14N2O3S. The molecule has 0 radical (unpaired) electrons. The van der Waals surface area contributed by atoms with Gasteiger partial charge in [-0.25, -0.2) is 0 Å². The highest BCUT2D eigenvalue weighted by molar-refractivity contribution is 7.85. The summed E-state index contributed by atoms with van der Waals surface area (Å²) in [6.07, 6.45) is 7.52. The first kappa shape index (κ1) is 15.7. The predicted molar refractivity (Wildman–Crippen MR) is 85.4 cm³/mol. The molecule has 112 valence electrons. The summed E-state index contributed by atoms with van der Waals surface area (Å²) < 4.78 is 26.1. The monoisotopic (exact) mass is 314 g/mol. The molecule has 1 aliphatic carbocycles. The van der Waals surface area contributed by atoms with Crippen LogP contribution in [0.15, 0.2) is 59.3 Å². The van der Waals surface area contributed by atoms with Crippen LogP contribution in [0.4, 0.5) is 0 Å². The fraction of sp³-hybridized carbons (Fsp3) is 0.125. The van der Waals surface area contributed by atoms with Gasteiger partial charge in [0.2, 0.25) is 0 Å². The minimum Gasteiger partial charge on any atom is -0.268 e. The second-order valence-corrected chi connectivity index (χ2v) is 6.28. The Morgan fingerprint density at radius 1 is 1.18 bits per heavy atom. The molecule has 0 amide bonds. The molecule has 1 aromatic carbocycles. The highest BCUT2D eigenvalue weighted by Crippen LogP contribution is 2.24. The van der Waals surface area contributed by atoms with Gasteiger partial charge in [-0.1, -0.05) is 41.6 Å². The Bertz CT molecular complexity index is 836. The largest absolute Gasteiger partial charge is 0.325 e. The quantitative estimate of drug-likeness (QED) is 0.634. The lowest BCUT2D eigenvalue weighted by atomic mass is 9.94. The number of allylic oxidation sites excluding steroid dienone is 6. The van der Waals surface area contributed by atoms with Crippen LogP contribution in [-0.4, -0.2) is 20.4 Å². The number of hydrogen-bond donors (Lipinski definition) is 0. The Morgan fingerprint density at radius 3 is 2.36 bits per heavy atom. The van der Waals surface area contributed by atoms with E-state index in [2.05, 4.69) is 15.5 Å². The van der Waals surface area contributed by atoms with Gasteiger partial charge in [0.15, 0.2) is 0 Å². The molecular weight excluding hydrogens is 300 g/mol. The Kier molecular flexibility index (Phi) is 4.59. The van der Waals surface area contributed by atoms with Crippen LogP contribution < -0.4 is 0 Å². The third-order valence-corrected chi connectivity index (χ3v) is 3.31. The van der Waals surface area contributed by atoms with Crippen molar-refractivity contribution in [2.45, 2.75) is 6.92 Å². The van der Waals surface area contributed by atoms with Crippen molar-refractivity contribution in [1.82, 2.24) is 0 Å². The summed E-state index contributed by atoms with van der Waals surface area (Å²) in [6.45, 7) is 1.94. The zero-order chi connectivity index (χ0) is 16.2. The number of nitrogens with zero attached hydrogens (tertiary/aromatic N) is 2. The molecule has 6 heteroatoms. The van der Waals surface area contributed by atoms with Crippen molar-refractivity contribution >= 4 is 21.4 Å². The fourth-order valence-corrected chi connectivity index (χ4v) is 2.15. The summed E-state index contributed by atoms with van der Waals surface area (Å²) in [7, 11) is -3.63. The van der Waals surface area contributed by atoms with Gasteiger partial charge in [0.1, 0.15) is 11.8 Å². The summed E-state index contributed by atoms with van der Waals surface area (Å²) in [4.78, 5) is 0. The van der Waals surface area contributed by atoms with E-state index in [0.717, 1.165) is 23.0 Å². The average Bonchev–Trinajstić information content (AvgIpc) is 2.48. The van der Waals surface area contributed by atoms with E-state index in [1.54, 1.807) is 24.3 Å². The van der Waals surface area contributed by atoms with Crippen LogP contribution >= 0.6 is 0 Å². The topological polar surface area (TPSA) is 79.5 Å². The molecule has 2 rings (SSSR count). The molecule has 0 heterocycles. The first-order valence-corrected chi connectivity index (χ1v) is 8.25. The second-order valence-electron chi connectivity index (χ2n) is 4.72. The van der Waals surface area contributed by atoms with E-state index < -0.39 is 10.1 Å². The molecule has 0 saturated heterocycles. The van der Waals surface area contributed by atoms with E-state index in [0.29, 0.717) is 11.3 Å². The Hall–Kier alpha value is -2.65. The van der Waals surface area contributed by atoms with E-state index in [9.17, 15) is 13.7 Å². The van der Waals surface area contributed by atoms with Crippen molar-refractivity contribution in [2.75, 3.05) is 6.26 Å². The van der Waals surface area contributed by atoms with Gasteiger partial charge in [-0.3, -0.25) is 4.28 Å². The van der Waals surface area contributed by atoms with Crippen molar-refractivity contribution in [3.05, 3.63) is 65.3 Å². The number of aryl methyl sites for hydroxylation is 1. The molecule has 0 atom stereocenters. The van der Waals surface area contributed by atoms with Crippen LogP contribution in [0, 0.1) is 18.3 Å². The number of oxime groups is 1. The third-order valence-electron chi connectivity index (χ3n) is 2.96. The van der Waals surface area contributed by atoms with E-state index in [4.69, 9.17) is 0 Å². The minimum atomic E-state index is -3.63. The lowest BCUT2D eigenvalue weighted by Gasteiger charge is -2.08. The van der Waals surface area contributed by atoms with Gasteiger partial charge in [-0.05, 0) is 35.8 Å². The van der Waals surface area contributed by atoms with Gasteiger partial charge in [0.25, 0.3) is 0 Å². The number of hydrogen-bond acceptors (Lipinski definition) is 5. The normalized spacial score (nSPS) is 13.7. The molecule has 0 unspecified atom stereocenters. The lowest BCUT2D eigenvalue weighted by Crippen LogP contribution is -2.02. The van der Waals surface area contributed by atoms with Crippen LogP contribution in [0.5, 0.6) is 0 Å². The fourth-order valence-electron chi connectivity index (χ4n) is 1.93. The molecule has 0 N–H and O–H groups in total. The van der Waals surface area contributed by atoms with Gasteiger partial charge in [0, 0.05) is 0 Å². The van der Waals surface area contributed by atoms with Crippen LogP contribution in [0.1, 0.15) is 11.1 Å². The Labute approximate surface area is 129 Å². The lowest BCUT2D eigenvalue weighted by molar-refractivity contribution is 0.344. The summed E-state index contributed by atoms with van der Waals surface area (Å²) >= 11 is 0. The van der Waals surface area contributed by atoms with Gasteiger partial charge in [0.05, 0.1) is 11.8 Å². The molecule has 1 aliphatic rings. The maximum absolute atomic E-state index is 10.9. The highest BCUT2D eigenvalue weighted by atomic mass is 32.2. The van der Waals surface area contributed by atoms with Crippen LogP contribution in [0.3, 0.4) is 0 Å². The molecule has 0 spiro atoms. The van der Waals surface area contributed by atoms with Crippen LogP contribution in [-0.2, 0) is 14.4 Å². The molecule has 0 saturated carbocycles. The number of rotatable bonds is 3. The van der Waals surface area contributed by atoms with E-state index >= 15 is 0 Å². The van der Waals surface area contributed by atoms with Gasteiger partial charge < -0.3 is 0 Å². The summed E-state index contributed by atoms with van der Waals surface area (Å²) in [5, 5.41) is 12.9. The molecule has 0 bridgehead atoms. The first-order valence-electron chi connectivity index (χ1n) is 6.44. The van der Waals surface area contributed by atoms with Crippen molar-refractivity contribution < 1.29 is 12.7 Å². The summed E-state index contributed by atoms with van der Waals surface area (Å²) in [5.74, 6) is 0. The minimum absolute atomic E-state index is 0.358. The summed E-state index contributed by atoms with van der Waals surface area (Å²) in [6, 6.07) is 9.83. The van der Waals surface area contributed by atoms with Crippen molar-refractivity contribution in [3.63, 3.8) is 0 Å². The molecule has 22 heavy (non-hydrogen) atoms. The first-order chi connectivity index (χ1) is 10.4. The van der Waals surface area contributed by atoms with Crippen molar-refractivity contribution in [1.29, 1.82) is 5.26 Å². The number of nitriles is 1. The molecule has 0 aliphatic heterocycles. The average molecular weight is 314 g/mol. The summed E-state index contributed by atoms with van der Waals surface area (Å²) in [5.41, 5.74) is 3.51. The molecule has 1 aromatic rings. The number of benzene rings is 1. The maximum Gasteiger partial charge on any atom is 0.325 e. The molecule has 5 nitrogen and oxygen atoms in total. The van der Waals surface area contributed by atoms with Gasteiger partial charge in [-0.2, -0.15) is 13.7 Å². The van der Waals surface area contributed by atoms with E-state index in [-0.39, 0.29) is 0 Å². The Balaban J connectivity index is 2.34. The highest BCUT2D eigenvalue weighted by Gasteiger charge is 2.10. The standard InChI is InChI=1S/C16H14N2O3S/c1-12-5-3-4-6-15(12)16(11-17)13-7-9-14(10-8-13)18-21-22(2,19)20/h3-10H,1-2H3.